The predicted molar refractivity (Wildman–Crippen MR) is 66.2 cm³/mol. The molecule has 1 aliphatic rings. The number of amides is 1. The molecular weight excluding hydrogens is 228 g/mol. The van der Waals surface area contributed by atoms with Crippen molar-refractivity contribution in [3.63, 3.8) is 0 Å². The average Bonchev–Trinajstić information content (AvgIpc) is 2.56. The SMILES string of the molecule is O=C1NC(=S)SC1N=Cc1ccccc1. The molecule has 1 fully saturated rings. The first kappa shape index (κ1) is 10.3. The fourth-order valence-electron chi connectivity index (χ4n) is 1.14. The molecular formula is C10H8N2OS2. The van der Waals surface area contributed by atoms with E-state index in [0.717, 1.165) is 5.56 Å². The summed E-state index contributed by atoms with van der Waals surface area (Å²) in [4.78, 5) is 15.4. The third-order valence-corrected chi connectivity index (χ3v) is 3.09. The summed E-state index contributed by atoms with van der Waals surface area (Å²) in [5.74, 6) is -0.141. The first-order valence-corrected chi connectivity index (χ1v) is 5.64. The van der Waals surface area contributed by atoms with Gasteiger partial charge in [0.15, 0.2) is 5.37 Å². The molecule has 1 amide bonds. The third-order valence-electron chi connectivity index (χ3n) is 1.83. The van der Waals surface area contributed by atoms with Crippen LogP contribution in [0.4, 0.5) is 0 Å². The van der Waals surface area contributed by atoms with Crippen molar-refractivity contribution in [2.75, 3.05) is 0 Å². The highest BCUT2D eigenvalue weighted by Crippen LogP contribution is 2.20. The van der Waals surface area contributed by atoms with Crippen LogP contribution in [0.15, 0.2) is 35.3 Å². The van der Waals surface area contributed by atoms with Gasteiger partial charge >= 0.3 is 0 Å². The number of carbonyl (C=O) groups is 1. The van der Waals surface area contributed by atoms with Crippen molar-refractivity contribution >= 4 is 40.4 Å². The van der Waals surface area contributed by atoms with E-state index in [1.165, 1.54) is 11.8 Å². The zero-order valence-electron chi connectivity index (χ0n) is 7.71. The molecule has 0 aliphatic carbocycles. The van der Waals surface area contributed by atoms with Crippen molar-refractivity contribution in [2.45, 2.75) is 5.37 Å². The summed E-state index contributed by atoms with van der Waals surface area (Å²) in [7, 11) is 0. The van der Waals surface area contributed by atoms with Crippen molar-refractivity contribution in [1.82, 2.24) is 5.32 Å². The summed E-state index contributed by atoms with van der Waals surface area (Å²) >= 11 is 6.13. The molecule has 1 N–H and O–H groups in total. The highest BCUT2D eigenvalue weighted by atomic mass is 32.2. The number of aliphatic imine (C=N–C) groups is 1. The zero-order valence-corrected chi connectivity index (χ0v) is 9.35. The second-order valence-corrected chi connectivity index (χ2v) is 4.69. The van der Waals surface area contributed by atoms with E-state index in [9.17, 15) is 4.79 Å². The van der Waals surface area contributed by atoms with Crippen LogP contribution >= 0.6 is 24.0 Å². The first-order chi connectivity index (χ1) is 7.25. The van der Waals surface area contributed by atoms with Gasteiger partial charge in [0.1, 0.15) is 4.32 Å². The maximum absolute atomic E-state index is 11.3. The van der Waals surface area contributed by atoms with E-state index in [-0.39, 0.29) is 5.91 Å². The van der Waals surface area contributed by atoms with Gasteiger partial charge in [-0.3, -0.25) is 9.79 Å². The number of carbonyl (C=O) groups excluding carboxylic acids is 1. The molecule has 3 nitrogen and oxygen atoms in total. The Morgan fingerprint density at radius 3 is 2.73 bits per heavy atom. The molecule has 1 atom stereocenters. The Labute approximate surface area is 97.0 Å². The quantitative estimate of drug-likeness (QED) is 0.626. The second-order valence-electron chi connectivity index (χ2n) is 2.94. The smallest absolute Gasteiger partial charge is 0.260 e. The molecule has 0 saturated carbocycles. The lowest BCUT2D eigenvalue weighted by atomic mass is 10.2. The van der Waals surface area contributed by atoms with Crippen LogP contribution in [0, 0.1) is 0 Å². The molecule has 1 unspecified atom stereocenters. The summed E-state index contributed by atoms with van der Waals surface area (Å²) in [6, 6.07) is 9.64. The Bertz CT molecular complexity index is 417. The van der Waals surface area contributed by atoms with Crippen LogP contribution in [0.5, 0.6) is 0 Å². The van der Waals surface area contributed by atoms with E-state index in [2.05, 4.69) is 10.3 Å². The van der Waals surface area contributed by atoms with E-state index < -0.39 is 5.37 Å². The van der Waals surface area contributed by atoms with E-state index in [1.807, 2.05) is 30.3 Å². The van der Waals surface area contributed by atoms with E-state index >= 15 is 0 Å². The van der Waals surface area contributed by atoms with E-state index in [0.29, 0.717) is 4.32 Å². The van der Waals surface area contributed by atoms with Gasteiger partial charge in [-0.05, 0) is 5.56 Å². The van der Waals surface area contributed by atoms with Crippen molar-refractivity contribution in [1.29, 1.82) is 0 Å². The number of nitrogens with one attached hydrogen (secondary N) is 1. The van der Waals surface area contributed by atoms with Crippen LogP contribution in [0.2, 0.25) is 0 Å². The molecule has 15 heavy (non-hydrogen) atoms. The minimum absolute atomic E-state index is 0.141. The van der Waals surface area contributed by atoms with Gasteiger partial charge in [-0.25, -0.2) is 0 Å². The van der Waals surface area contributed by atoms with Gasteiger partial charge in [0, 0.05) is 6.21 Å². The van der Waals surface area contributed by atoms with E-state index in [1.54, 1.807) is 6.21 Å². The maximum atomic E-state index is 11.3. The van der Waals surface area contributed by atoms with Crippen LogP contribution in [-0.2, 0) is 4.79 Å². The fourth-order valence-corrected chi connectivity index (χ4v) is 2.16. The number of thioether (sulfide) groups is 1. The van der Waals surface area contributed by atoms with Crippen LogP contribution in [0.1, 0.15) is 5.56 Å². The number of rotatable bonds is 2. The Kier molecular flexibility index (Phi) is 3.13. The average molecular weight is 236 g/mol. The van der Waals surface area contributed by atoms with Gasteiger partial charge in [-0.15, -0.1) is 0 Å². The number of nitrogens with zero attached hydrogens (tertiary/aromatic N) is 1. The topological polar surface area (TPSA) is 41.5 Å². The van der Waals surface area contributed by atoms with Gasteiger partial charge in [0.05, 0.1) is 0 Å². The molecule has 5 heteroatoms. The molecule has 1 aromatic carbocycles. The lowest BCUT2D eigenvalue weighted by Crippen LogP contribution is -2.22. The number of hydrogen-bond donors (Lipinski definition) is 1. The summed E-state index contributed by atoms with van der Waals surface area (Å²) < 4.78 is 0.496. The molecule has 0 bridgehead atoms. The van der Waals surface area contributed by atoms with Gasteiger partial charge in [-0.1, -0.05) is 54.3 Å². The molecule has 0 radical (unpaired) electrons. The highest BCUT2D eigenvalue weighted by molar-refractivity contribution is 8.24. The summed E-state index contributed by atoms with van der Waals surface area (Å²) in [5, 5.41) is 2.11. The van der Waals surface area contributed by atoms with Gasteiger partial charge in [-0.2, -0.15) is 0 Å². The standard InChI is InChI=1S/C10H8N2OS2/c13-8-9(15-10(14)12-8)11-6-7-4-2-1-3-5-7/h1-6,9H,(H,12,13,14). The minimum Gasteiger partial charge on any atom is -0.309 e. The van der Waals surface area contributed by atoms with Crippen LogP contribution in [0.3, 0.4) is 0 Å². The number of benzene rings is 1. The van der Waals surface area contributed by atoms with Gasteiger partial charge < -0.3 is 5.32 Å². The molecule has 2 rings (SSSR count). The molecule has 1 heterocycles. The second kappa shape index (κ2) is 4.55. The van der Waals surface area contributed by atoms with Crippen LogP contribution in [0.25, 0.3) is 0 Å². The largest absolute Gasteiger partial charge is 0.309 e. The Balaban J connectivity index is 2.06. The lowest BCUT2D eigenvalue weighted by Gasteiger charge is -1.96. The normalized spacial score (nSPS) is 20.9. The van der Waals surface area contributed by atoms with Gasteiger partial charge in [0.2, 0.25) is 0 Å². The number of thiocarbonyl (C=S) groups is 1. The van der Waals surface area contributed by atoms with Gasteiger partial charge in [0.25, 0.3) is 5.91 Å². The Morgan fingerprint density at radius 2 is 2.13 bits per heavy atom. The highest BCUT2D eigenvalue weighted by Gasteiger charge is 2.27. The van der Waals surface area contributed by atoms with Crippen LogP contribution < -0.4 is 5.32 Å². The molecule has 1 aliphatic heterocycles. The first-order valence-electron chi connectivity index (χ1n) is 4.35. The summed E-state index contributed by atoms with van der Waals surface area (Å²) in [6.07, 6.45) is 1.69. The summed E-state index contributed by atoms with van der Waals surface area (Å²) in [5.41, 5.74) is 0.976. The molecule has 0 spiro atoms. The molecule has 76 valence electrons. The fraction of sp³-hybridized carbons (Fsp3) is 0.100. The van der Waals surface area contributed by atoms with E-state index in [4.69, 9.17) is 12.2 Å². The molecule has 1 aromatic rings. The van der Waals surface area contributed by atoms with Crippen molar-refractivity contribution in [2.24, 2.45) is 4.99 Å². The zero-order chi connectivity index (χ0) is 10.7. The molecule has 1 saturated heterocycles. The Morgan fingerprint density at radius 1 is 1.40 bits per heavy atom. The maximum Gasteiger partial charge on any atom is 0.260 e. The van der Waals surface area contributed by atoms with Crippen molar-refractivity contribution in [3.05, 3.63) is 35.9 Å². The third kappa shape index (κ3) is 2.64. The minimum atomic E-state index is -0.433. The van der Waals surface area contributed by atoms with Crippen LogP contribution in [-0.4, -0.2) is 21.8 Å². The monoisotopic (exact) mass is 236 g/mol. The number of hydrogen-bond acceptors (Lipinski definition) is 4. The predicted octanol–water partition coefficient (Wildman–Crippen LogP) is 1.58. The van der Waals surface area contributed by atoms with Crippen molar-refractivity contribution < 1.29 is 4.79 Å². The summed E-state index contributed by atoms with van der Waals surface area (Å²) in [6.45, 7) is 0. The molecule has 0 aromatic heterocycles. The van der Waals surface area contributed by atoms with Crippen molar-refractivity contribution in [3.8, 4) is 0 Å². The Hall–Kier alpha value is -1.20. The lowest BCUT2D eigenvalue weighted by molar-refractivity contribution is -0.118.